The molecule has 1 aromatic carbocycles. The number of aliphatic hydroxyl groups is 1. The van der Waals surface area contributed by atoms with Crippen LogP contribution >= 0.6 is 0 Å². The van der Waals surface area contributed by atoms with Gasteiger partial charge in [0, 0.05) is 12.6 Å². The first-order valence-corrected chi connectivity index (χ1v) is 7.39. The van der Waals surface area contributed by atoms with Crippen LogP contribution < -0.4 is 9.47 Å². The maximum absolute atomic E-state index is 9.83. The van der Waals surface area contributed by atoms with Crippen molar-refractivity contribution in [3.05, 3.63) is 24.3 Å². The van der Waals surface area contributed by atoms with E-state index in [0.29, 0.717) is 6.61 Å². The third-order valence-corrected chi connectivity index (χ3v) is 3.93. The molecule has 2 unspecified atom stereocenters. The van der Waals surface area contributed by atoms with Gasteiger partial charge in [-0.2, -0.15) is 0 Å². The molecule has 0 amide bonds. The standard InChI is InChI=1S/C16H25NO3/c1-13(18)16-5-3-4-10-17(16)11-12-20-15-8-6-14(19-2)7-9-15/h6-9,13,16,18H,3-5,10-12H2,1-2H3. The van der Waals surface area contributed by atoms with Crippen LogP contribution in [0, 0.1) is 0 Å². The number of rotatable bonds is 6. The molecule has 1 N–H and O–H groups in total. The zero-order valence-corrected chi connectivity index (χ0v) is 12.4. The third-order valence-electron chi connectivity index (χ3n) is 3.93. The van der Waals surface area contributed by atoms with Crippen molar-refractivity contribution >= 4 is 0 Å². The largest absolute Gasteiger partial charge is 0.497 e. The average Bonchev–Trinajstić information content (AvgIpc) is 2.48. The summed E-state index contributed by atoms with van der Waals surface area (Å²) < 4.78 is 10.9. The van der Waals surface area contributed by atoms with Crippen LogP contribution in [0.2, 0.25) is 0 Å². The molecule has 0 spiro atoms. The van der Waals surface area contributed by atoms with Gasteiger partial charge in [0.1, 0.15) is 18.1 Å². The monoisotopic (exact) mass is 279 g/mol. The number of hydrogen-bond donors (Lipinski definition) is 1. The van der Waals surface area contributed by atoms with Crippen molar-refractivity contribution in [3.8, 4) is 11.5 Å². The normalized spacial score (nSPS) is 21.4. The summed E-state index contributed by atoms with van der Waals surface area (Å²) in [5, 5.41) is 9.83. The summed E-state index contributed by atoms with van der Waals surface area (Å²) in [6.07, 6.45) is 3.24. The van der Waals surface area contributed by atoms with E-state index in [4.69, 9.17) is 9.47 Å². The fourth-order valence-corrected chi connectivity index (χ4v) is 2.79. The van der Waals surface area contributed by atoms with E-state index in [0.717, 1.165) is 31.0 Å². The molecule has 0 aromatic heterocycles. The lowest BCUT2D eigenvalue weighted by Crippen LogP contribution is -2.47. The summed E-state index contributed by atoms with van der Waals surface area (Å²) in [6, 6.07) is 7.91. The molecule has 0 radical (unpaired) electrons. The van der Waals surface area contributed by atoms with Crippen molar-refractivity contribution in [3.63, 3.8) is 0 Å². The first-order valence-electron chi connectivity index (χ1n) is 7.39. The molecule has 1 saturated heterocycles. The summed E-state index contributed by atoms with van der Waals surface area (Å²) in [5.74, 6) is 1.69. The second kappa shape index (κ2) is 7.50. The Kier molecular flexibility index (Phi) is 5.68. The van der Waals surface area contributed by atoms with Crippen LogP contribution in [0.1, 0.15) is 26.2 Å². The van der Waals surface area contributed by atoms with Gasteiger partial charge in [-0.15, -0.1) is 0 Å². The Morgan fingerprint density at radius 3 is 2.60 bits per heavy atom. The molecule has 1 fully saturated rings. The van der Waals surface area contributed by atoms with E-state index in [1.165, 1.54) is 12.8 Å². The minimum Gasteiger partial charge on any atom is -0.497 e. The summed E-state index contributed by atoms with van der Waals surface area (Å²) in [4.78, 5) is 2.34. The summed E-state index contributed by atoms with van der Waals surface area (Å²) in [6.45, 7) is 4.45. The molecule has 2 atom stereocenters. The quantitative estimate of drug-likeness (QED) is 0.867. The van der Waals surface area contributed by atoms with Gasteiger partial charge in [-0.25, -0.2) is 0 Å². The number of ether oxygens (including phenoxy) is 2. The summed E-state index contributed by atoms with van der Waals surface area (Å²) >= 11 is 0. The Morgan fingerprint density at radius 1 is 1.25 bits per heavy atom. The molecular weight excluding hydrogens is 254 g/mol. The Labute approximate surface area is 121 Å². The highest BCUT2D eigenvalue weighted by Crippen LogP contribution is 2.20. The zero-order chi connectivity index (χ0) is 14.4. The van der Waals surface area contributed by atoms with Crippen molar-refractivity contribution in [2.24, 2.45) is 0 Å². The predicted octanol–water partition coefficient (Wildman–Crippen LogP) is 2.31. The zero-order valence-electron chi connectivity index (χ0n) is 12.4. The number of benzene rings is 1. The number of likely N-dealkylation sites (tertiary alicyclic amines) is 1. The van der Waals surface area contributed by atoms with Crippen LogP contribution in [-0.2, 0) is 0 Å². The van der Waals surface area contributed by atoms with E-state index in [2.05, 4.69) is 4.90 Å². The average molecular weight is 279 g/mol. The molecule has 1 aliphatic rings. The van der Waals surface area contributed by atoms with Gasteiger partial charge in [-0.1, -0.05) is 6.42 Å². The fraction of sp³-hybridized carbons (Fsp3) is 0.625. The fourth-order valence-electron chi connectivity index (χ4n) is 2.79. The highest BCUT2D eigenvalue weighted by atomic mass is 16.5. The highest BCUT2D eigenvalue weighted by molar-refractivity contribution is 5.31. The lowest BCUT2D eigenvalue weighted by atomic mass is 9.98. The van der Waals surface area contributed by atoms with Crippen molar-refractivity contribution in [2.45, 2.75) is 38.3 Å². The van der Waals surface area contributed by atoms with Gasteiger partial charge in [0.25, 0.3) is 0 Å². The van der Waals surface area contributed by atoms with E-state index in [1.807, 2.05) is 31.2 Å². The van der Waals surface area contributed by atoms with E-state index in [9.17, 15) is 5.11 Å². The van der Waals surface area contributed by atoms with E-state index < -0.39 is 0 Å². The second-order valence-corrected chi connectivity index (χ2v) is 5.36. The number of nitrogens with zero attached hydrogens (tertiary/aromatic N) is 1. The summed E-state index contributed by atoms with van der Waals surface area (Å²) in [5.41, 5.74) is 0. The van der Waals surface area contributed by atoms with Crippen LogP contribution in [0.3, 0.4) is 0 Å². The van der Waals surface area contributed by atoms with Gasteiger partial charge in [-0.05, 0) is 50.6 Å². The van der Waals surface area contributed by atoms with Crippen LogP contribution in [0.15, 0.2) is 24.3 Å². The lowest BCUT2D eigenvalue weighted by Gasteiger charge is -2.37. The Bertz CT molecular complexity index is 391. The Balaban J connectivity index is 1.78. The Morgan fingerprint density at radius 2 is 1.95 bits per heavy atom. The van der Waals surface area contributed by atoms with Crippen LogP contribution in [0.5, 0.6) is 11.5 Å². The van der Waals surface area contributed by atoms with Gasteiger partial charge in [-0.3, -0.25) is 4.90 Å². The Hall–Kier alpha value is -1.26. The van der Waals surface area contributed by atoms with Gasteiger partial charge in [0.15, 0.2) is 0 Å². The molecule has 0 saturated carbocycles. The molecule has 1 aromatic rings. The maximum Gasteiger partial charge on any atom is 0.119 e. The molecule has 4 nitrogen and oxygen atoms in total. The molecule has 0 aliphatic carbocycles. The molecule has 20 heavy (non-hydrogen) atoms. The topological polar surface area (TPSA) is 41.9 Å². The second-order valence-electron chi connectivity index (χ2n) is 5.36. The minimum atomic E-state index is -0.267. The molecule has 4 heteroatoms. The minimum absolute atomic E-state index is 0.267. The highest BCUT2D eigenvalue weighted by Gasteiger charge is 2.25. The van der Waals surface area contributed by atoms with Gasteiger partial charge in [0.05, 0.1) is 13.2 Å². The SMILES string of the molecule is COc1ccc(OCCN2CCCCC2C(C)O)cc1. The number of methoxy groups -OCH3 is 1. The molecule has 0 bridgehead atoms. The third kappa shape index (κ3) is 4.12. The van der Waals surface area contributed by atoms with E-state index in [-0.39, 0.29) is 12.1 Å². The van der Waals surface area contributed by atoms with Crippen LogP contribution in [0.4, 0.5) is 0 Å². The molecule has 1 heterocycles. The smallest absolute Gasteiger partial charge is 0.119 e. The van der Waals surface area contributed by atoms with E-state index in [1.54, 1.807) is 7.11 Å². The van der Waals surface area contributed by atoms with Gasteiger partial charge >= 0.3 is 0 Å². The summed E-state index contributed by atoms with van der Waals surface area (Å²) in [7, 11) is 1.66. The number of piperidine rings is 1. The maximum atomic E-state index is 9.83. The van der Waals surface area contributed by atoms with Crippen molar-refractivity contribution in [2.75, 3.05) is 26.8 Å². The molecule has 1 aliphatic heterocycles. The number of aliphatic hydroxyl groups excluding tert-OH is 1. The van der Waals surface area contributed by atoms with Crippen molar-refractivity contribution in [1.82, 2.24) is 4.90 Å². The predicted molar refractivity (Wildman–Crippen MR) is 79.4 cm³/mol. The van der Waals surface area contributed by atoms with Gasteiger partial charge < -0.3 is 14.6 Å². The van der Waals surface area contributed by atoms with Gasteiger partial charge in [0.2, 0.25) is 0 Å². The lowest BCUT2D eigenvalue weighted by molar-refractivity contribution is 0.0293. The van der Waals surface area contributed by atoms with Crippen LogP contribution in [-0.4, -0.2) is 49.0 Å². The van der Waals surface area contributed by atoms with Crippen molar-refractivity contribution in [1.29, 1.82) is 0 Å². The molecule has 112 valence electrons. The van der Waals surface area contributed by atoms with E-state index >= 15 is 0 Å². The first-order chi connectivity index (χ1) is 9.70. The van der Waals surface area contributed by atoms with Crippen LogP contribution in [0.25, 0.3) is 0 Å². The molecular formula is C16H25NO3. The molecule has 2 rings (SSSR count). The number of hydrogen-bond acceptors (Lipinski definition) is 4. The first kappa shape index (κ1) is 15.1. The van der Waals surface area contributed by atoms with Crippen molar-refractivity contribution < 1.29 is 14.6 Å².